The van der Waals surface area contributed by atoms with Crippen LogP contribution in [0.1, 0.15) is 116 Å². The number of H-pyrrole nitrogens is 2. The van der Waals surface area contributed by atoms with Crippen LogP contribution in [0, 0.1) is 17.8 Å². The van der Waals surface area contributed by atoms with Crippen molar-refractivity contribution < 1.29 is 43.0 Å². The summed E-state index contributed by atoms with van der Waals surface area (Å²) in [6, 6.07) is 10.0. The Hall–Kier alpha value is -6.16. The topological polar surface area (TPSA) is 221 Å². The average molecular weight is 808 g/mol. The van der Waals surface area contributed by atoms with Crippen molar-refractivity contribution in [1.29, 1.82) is 0 Å². The maximum absolute atomic E-state index is 13.7. The van der Waals surface area contributed by atoms with E-state index in [1.54, 1.807) is 46.2 Å². The highest BCUT2D eigenvalue weighted by Gasteiger charge is 2.39. The highest BCUT2D eigenvalue weighted by molar-refractivity contribution is 6.13. The number of esters is 1. The van der Waals surface area contributed by atoms with Gasteiger partial charge in [-0.2, -0.15) is 0 Å². The summed E-state index contributed by atoms with van der Waals surface area (Å²) in [6.45, 7) is 7.81. The molecule has 0 bridgehead atoms. The quantitative estimate of drug-likeness (QED) is 0.0883. The fourth-order valence-corrected chi connectivity index (χ4v) is 8.16. The van der Waals surface area contributed by atoms with E-state index < -0.39 is 36.2 Å². The number of aromatic amines is 2. The second-order valence-corrected chi connectivity index (χ2v) is 16.0. The highest BCUT2D eigenvalue weighted by Crippen LogP contribution is 2.36. The summed E-state index contributed by atoms with van der Waals surface area (Å²) < 4.78 is 10.5. The predicted molar refractivity (Wildman–Crippen MR) is 214 cm³/mol. The van der Waals surface area contributed by atoms with Gasteiger partial charge in [0.05, 0.1) is 59.2 Å². The largest absolute Gasteiger partial charge is 0.469 e. The number of amides is 3. The van der Waals surface area contributed by atoms with Crippen molar-refractivity contribution in [2.24, 2.45) is 17.8 Å². The molecule has 5 heterocycles. The fourth-order valence-electron chi connectivity index (χ4n) is 8.16. The number of imidazole rings is 2. The molecule has 16 nitrogen and oxygen atoms in total. The molecule has 0 radical (unpaired) electrons. The van der Waals surface area contributed by atoms with Gasteiger partial charge in [-0.15, -0.1) is 0 Å². The van der Waals surface area contributed by atoms with Crippen molar-refractivity contribution >= 4 is 57.3 Å². The molecular formula is C43H49N7O9. The molecule has 310 valence electrons. The molecule has 4 N–H and O–H groups in total. The Labute approximate surface area is 340 Å². The molecule has 3 aromatic heterocycles. The smallest absolute Gasteiger partial charge is 0.306 e. The molecule has 7 rings (SSSR count). The zero-order chi connectivity index (χ0) is 42.1. The average Bonchev–Trinajstić information content (AvgIpc) is 4.08. The SMILES string of the molecule is COC(=O)CC(C(=O)N1CCCC1c1nc2ccc(C(=O)c3cc(C(=O)c4ccc5nc(C6CCCN6C(=O)C(NC(=O)CO)C(C)C)[nH]c5c4)co3)cc2[nH]1)C(C)C. The van der Waals surface area contributed by atoms with Gasteiger partial charge in [0.15, 0.2) is 11.5 Å². The molecule has 59 heavy (non-hydrogen) atoms. The number of hydrogen-bond acceptors (Lipinski definition) is 11. The Bertz CT molecular complexity index is 2260. The van der Waals surface area contributed by atoms with E-state index in [0.29, 0.717) is 70.8 Å². The number of ether oxygens (including phenoxy) is 1. The van der Waals surface area contributed by atoms with Crippen molar-refractivity contribution in [2.75, 3.05) is 26.8 Å². The summed E-state index contributed by atoms with van der Waals surface area (Å²) in [7, 11) is 1.31. The summed E-state index contributed by atoms with van der Waals surface area (Å²) in [5.74, 6) is -1.84. The minimum absolute atomic E-state index is 0.00342. The Balaban J connectivity index is 1.05. The summed E-state index contributed by atoms with van der Waals surface area (Å²) in [5, 5.41) is 11.9. The number of hydrogen-bond donors (Lipinski definition) is 4. The Morgan fingerprint density at radius 3 is 1.88 bits per heavy atom. The first-order valence-electron chi connectivity index (χ1n) is 20.0. The lowest BCUT2D eigenvalue weighted by molar-refractivity contribution is -0.148. The zero-order valence-corrected chi connectivity index (χ0v) is 33.7. The zero-order valence-electron chi connectivity index (χ0n) is 33.7. The number of aromatic nitrogens is 4. The first kappa shape index (κ1) is 41.0. The number of fused-ring (bicyclic) bond motifs is 2. The maximum atomic E-state index is 13.7. The molecular weight excluding hydrogens is 759 g/mol. The van der Waals surface area contributed by atoms with Gasteiger partial charge < -0.3 is 39.3 Å². The number of nitrogens with one attached hydrogen (secondary N) is 3. The van der Waals surface area contributed by atoms with Gasteiger partial charge in [0, 0.05) is 24.2 Å². The van der Waals surface area contributed by atoms with E-state index in [1.807, 2.05) is 27.7 Å². The van der Waals surface area contributed by atoms with Crippen LogP contribution in [0.4, 0.5) is 0 Å². The fraction of sp³-hybridized carbons (Fsp3) is 0.442. The molecule has 3 amide bonds. The van der Waals surface area contributed by atoms with Crippen molar-refractivity contribution in [1.82, 2.24) is 35.1 Å². The third-order valence-electron chi connectivity index (χ3n) is 11.4. The monoisotopic (exact) mass is 807 g/mol. The van der Waals surface area contributed by atoms with Crippen LogP contribution in [-0.4, -0.2) is 103 Å². The molecule has 4 unspecified atom stereocenters. The minimum atomic E-state index is -0.798. The van der Waals surface area contributed by atoms with Crippen molar-refractivity contribution in [3.63, 3.8) is 0 Å². The first-order chi connectivity index (χ1) is 28.3. The molecule has 4 atom stereocenters. The number of likely N-dealkylation sites (tertiary alicyclic amines) is 2. The molecule has 2 aliphatic rings. The van der Waals surface area contributed by atoms with Gasteiger partial charge in [0.1, 0.15) is 30.6 Å². The number of ketones is 2. The maximum Gasteiger partial charge on any atom is 0.306 e. The Morgan fingerprint density at radius 1 is 0.797 bits per heavy atom. The summed E-state index contributed by atoms with van der Waals surface area (Å²) in [6.07, 6.45) is 4.15. The summed E-state index contributed by atoms with van der Waals surface area (Å²) in [5.41, 5.74) is 3.28. The first-order valence-corrected chi connectivity index (χ1v) is 20.0. The number of nitrogens with zero attached hydrogens (tertiary/aromatic N) is 4. The van der Waals surface area contributed by atoms with Gasteiger partial charge >= 0.3 is 5.97 Å². The number of furan rings is 1. The van der Waals surface area contributed by atoms with Gasteiger partial charge in [-0.25, -0.2) is 9.97 Å². The van der Waals surface area contributed by atoms with E-state index in [1.165, 1.54) is 19.4 Å². The molecule has 2 aliphatic heterocycles. The molecule has 2 aromatic carbocycles. The van der Waals surface area contributed by atoms with Crippen LogP contribution >= 0.6 is 0 Å². The minimum Gasteiger partial charge on any atom is -0.469 e. The van der Waals surface area contributed by atoms with Crippen LogP contribution < -0.4 is 5.32 Å². The van der Waals surface area contributed by atoms with Crippen LogP contribution in [0.3, 0.4) is 0 Å². The van der Waals surface area contributed by atoms with Crippen molar-refractivity contribution in [2.45, 2.75) is 77.9 Å². The molecule has 0 saturated carbocycles. The van der Waals surface area contributed by atoms with Crippen LogP contribution in [0.5, 0.6) is 0 Å². The van der Waals surface area contributed by atoms with Gasteiger partial charge in [-0.1, -0.05) is 27.7 Å². The lowest BCUT2D eigenvalue weighted by Crippen LogP contribution is -2.51. The second-order valence-electron chi connectivity index (χ2n) is 16.0. The van der Waals surface area contributed by atoms with Gasteiger partial charge in [0.25, 0.3) is 0 Å². The molecule has 0 aliphatic carbocycles. The lowest BCUT2D eigenvalue weighted by atomic mass is 9.91. The number of aliphatic hydroxyl groups excluding tert-OH is 1. The molecule has 16 heteroatoms. The summed E-state index contributed by atoms with van der Waals surface area (Å²) >= 11 is 0. The van der Waals surface area contributed by atoms with E-state index in [2.05, 4.69) is 15.3 Å². The molecule has 0 spiro atoms. The standard InChI is InChI=1S/C43H49N7O9/c1-22(2)27(19-36(53)58-5)42(56)49-14-6-8-32(49)40-44-29-13-11-25(17-31(29)47-40)39(55)34-18-26(21-59-34)38(54)24-10-12-28-30(16-24)46-41(45-28)33-9-7-15-50(33)43(57)37(23(3)4)48-35(52)20-51/h10-13,16-18,21-23,27,32-33,37,51H,6-9,14-15,19-20H2,1-5H3,(H,44,47)(H,45,46)(H,48,52). The molecule has 5 aromatic rings. The van der Waals surface area contributed by atoms with Gasteiger partial charge in [-0.3, -0.25) is 28.8 Å². The normalized spacial score (nSPS) is 17.9. The predicted octanol–water partition coefficient (Wildman–Crippen LogP) is 4.79. The Kier molecular flexibility index (Phi) is 11.8. The number of benzene rings is 2. The number of carbonyl (C=O) groups is 6. The van der Waals surface area contributed by atoms with Crippen LogP contribution in [0.15, 0.2) is 53.1 Å². The number of carbonyl (C=O) groups excluding carboxylic acids is 6. The third kappa shape index (κ3) is 8.26. The van der Waals surface area contributed by atoms with Gasteiger partial charge in [0.2, 0.25) is 23.5 Å². The van der Waals surface area contributed by atoms with E-state index in [0.717, 1.165) is 12.8 Å². The van der Waals surface area contributed by atoms with E-state index in [4.69, 9.17) is 19.1 Å². The molecule has 2 fully saturated rings. The lowest BCUT2D eigenvalue weighted by Gasteiger charge is -2.30. The highest BCUT2D eigenvalue weighted by atomic mass is 16.5. The van der Waals surface area contributed by atoms with E-state index in [-0.39, 0.29) is 59.3 Å². The van der Waals surface area contributed by atoms with Crippen LogP contribution in [0.2, 0.25) is 0 Å². The number of methoxy groups -OCH3 is 1. The van der Waals surface area contributed by atoms with E-state index in [9.17, 15) is 33.9 Å². The van der Waals surface area contributed by atoms with E-state index >= 15 is 0 Å². The van der Waals surface area contributed by atoms with Crippen molar-refractivity contribution in [3.8, 4) is 0 Å². The second kappa shape index (κ2) is 17.0. The number of rotatable bonds is 14. The Morgan fingerprint density at radius 2 is 1.36 bits per heavy atom. The van der Waals surface area contributed by atoms with Crippen LogP contribution in [-0.2, 0) is 23.9 Å². The number of aliphatic hydroxyl groups is 1. The van der Waals surface area contributed by atoms with Crippen molar-refractivity contribution in [3.05, 3.63) is 82.8 Å². The van der Waals surface area contributed by atoms with Gasteiger partial charge in [-0.05, 0) is 80.0 Å². The third-order valence-corrected chi connectivity index (χ3v) is 11.4. The molecule has 2 saturated heterocycles. The van der Waals surface area contributed by atoms with Crippen LogP contribution in [0.25, 0.3) is 22.1 Å². The summed E-state index contributed by atoms with van der Waals surface area (Å²) in [4.78, 5) is 98.1.